The summed E-state index contributed by atoms with van der Waals surface area (Å²) in [6.07, 6.45) is 2.03. The highest BCUT2D eigenvalue weighted by molar-refractivity contribution is 5.85. The van der Waals surface area contributed by atoms with Crippen LogP contribution in [-0.4, -0.2) is 26.5 Å². The van der Waals surface area contributed by atoms with Crippen LogP contribution in [0.3, 0.4) is 0 Å². The van der Waals surface area contributed by atoms with E-state index in [1.807, 2.05) is 42.6 Å². The number of fused-ring (bicyclic) bond motifs is 2. The Morgan fingerprint density at radius 1 is 0.929 bits per heavy atom. The number of hydrogen-bond acceptors (Lipinski definition) is 3. The van der Waals surface area contributed by atoms with Crippen LogP contribution in [0.15, 0.2) is 60.8 Å². The van der Waals surface area contributed by atoms with Gasteiger partial charge in [-0.15, -0.1) is 0 Å². The number of hydrogen-bond donors (Lipinski definition) is 1. The van der Waals surface area contributed by atoms with Crippen LogP contribution in [0.4, 0.5) is 0 Å². The summed E-state index contributed by atoms with van der Waals surface area (Å²) in [6, 6.07) is 18.3. The number of benzene rings is 2. The third kappa shape index (κ3) is 2.55. The Kier molecular flexibility index (Phi) is 3.69. The van der Waals surface area contributed by atoms with E-state index in [-0.39, 0.29) is 0 Å². The van der Waals surface area contributed by atoms with E-state index in [0.29, 0.717) is 0 Å². The second-order valence-electron chi connectivity index (χ2n) is 7.01. The second kappa shape index (κ2) is 6.23. The Balaban J connectivity index is 1.72. The van der Waals surface area contributed by atoms with E-state index in [1.54, 1.807) is 7.11 Å². The number of aromatic nitrogens is 4. The van der Waals surface area contributed by atoms with Gasteiger partial charge in [-0.05, 0) is 73.5 Å². The minimum atomic E-state index is 0.781. The van der Waals surface area contributed by atoms with Gasteiger partial charge < -0.3 is 9.72 Å². The first kappa shape index (κ1) is 16.6. The molecular weight excluding hydrogens is 348 g/mol. The molecule has 28 heavy (non-hydrogen) atoms. The second-order valence-corrected chi connectivity index (χ2v) is 7.01. The number of H-pyrrole nitrogens is 1. The van der Waals surface area contributed by atoms with Crippen molar-refractivity contribution in [2.45, 2.75) is 13.8 Å². The predicted molar refractivity (Wildman–Crippen MR) is 112 cm³/mol. The highest BCUT2D eigenvalue weighted by atomic mass is 16.5. The van der Waals surface area contributed by atoms with Gasteiger partial charge in [0.2, 0.25) is 0 Å². The molecular formula is C23H20N4O. The van der Waals surface area contributed by atoms with E-state index in [2.05, 4.69) is 41.4 Å². The smallest absolute Gasteiger partial charge is 0.159 e. The highest BCUT2D eigenvalue weighted by Gasteiger charge is 2.17. The Bertz CT molecular complexity index is 1270. The highest BCUT2D eigenvalue weighted by Crippen LogP contribution is 2.30. The van der Waals surface area contributed by atoms with Gasteiger partial charge in [0.05, 0.1) is 23.7 Å². The number of methoxy groups -OCH3 is 1. The van der Waals surface area contributed by atoms with Crippen molar-refractivity contribution < 1.29 is 4.74 Å². The number of rotatable bonds is 3. The maximum absolute atomic E-state index is 5.28. The molecule has 0 aliphatic heterocycles. The lowest BCUT2D eigenvalue weighted by atomic mass is 10.1. The molecule has 0 saturated heterocycles. The largest absolute Gasteiger partial charge is 0.497 e. The number of ether oxygens (including phenoxy) is 1. The average Bonchev–Trinajstić information content (AvgIpc) is 3.29. The molecule has 0 spiro atoms. The minimum absolute atomic E-state index is 0.781. The van der Waals surface area contributed by atoms with Gasteiger partial charge in [0, 0.05) is 11.8 Å². The Hall–Kier alpha value is -3.60. The van der Waals surface area contributed by atoms with Crippen molar-refractivity contribution in [3.63, 3.8) is 0 Å². The van der Waals surface area contributed by atoms with Crippen LogP contribution in [0.1, 0.15) is 11.1 Å². The van der Waals surface area contributed by atoms with E-state index in [4.69, 9.17) is 14.7 Å². The lowest BCUT2D eigenvalue weighted by Gasteiger charge is -2.03. The lowest BCUT2D eigenvalue weighted by molar-refractivity contribution is 0.415. The molecule has 5 aromatic rings. The van der Waals surface area contributed by atoms with Crippen molar-refractivity contribution in [3.05, 3.63) is 71.9 Å². The van der Waals surface area contributed by atoms with E-state index < -0.39 is 0 Å². The summed E-state index contributed by atoms with van der Waals surface area (Å²) >= 11 is 0. The van der Waals surface area contributed by atoms with E-state index in [1.165, 1.54) is 11.1 Å². The summed E-state index contributed by atoms with van der Waals surface area (Å²) in [4.78, 5) is 13.2. The molecule has 1 N–H and O–H groups in total. The zero-order valence-corrected chi connectivity index (χ0v) is 16.0. The molecule has 0 fully saturated rings. The molecule has 2 aromatic carbocycles. The summed E-state index contributed by atoms with van der Waals surface area (Å²) in [5.74, 6) is 2.48. The number of nitrogens with one attached hydrogen (secondary N) is 1. The number of aromatic amines is 1. The van der Waals surface area contributed by atoms with Gasteiger partial charge in [-0.2, -0.15) is 0 Å². The number of aryl methyl sites for hydroxylation is 2. The molecule has 138 valence electrons. The maximum atomic E-state index is 5.28. The lowest BCUT2D eigenvalue weighted by Crippen LogP contribution is -1.89. The quantitative estimate of drug-likeness (QED) is 0.478. The fourth-order valence-corrected chi connectivity index (χ4v) is 3.54. The normalized spacial score (nSPS) is 11.4. The van der Waals surface area contributed by atoms with Gasteiger partial charge in [-0.1, -0.05) is 6.07 Å². The SMILES string of the molecule is COc1ccc(-c2nc(-c3nc4cc(C)c(C)cc4[nH]3)c3ccccn23)cc1. The molecule has 0 amide bonds. The van der Waals surface area contributed by atoms with Crippen molar-refractivity contribution in [1.82, 2.24) is 19.4 Å². The summed E-state index contributed by atoms with van der Waals surface area (Å²) in [5, 5.41) is 0. The zero-order valence-electron chi connectivity index (χ0n) is 16.0. The fourth-order valence-electron chi connectivity index (χ4n) is 3.54. The zero-order chi connectivity index (χ0) is 19.3. The Labute approximate surface area is 162 Å². The number of imidazole rings is 2. The first-order valence-corrected chi connectivity index (χ1v) is 9.23. The summed E-state index contributed by atoms with van der Waals surface area (Å²) < 4.78 is 7.38. The van der Waals surface area contributed by atoms with Crippen LogP contribution in [0.2, 0.25) is 0 Å². The Morgan fingerprint density at radius 3 is 2.50 bits per heavy atom. The van der Waals surface area contributed by atoms with Crippen LogP contribution in [0.5, 0.6) is 5.75 Å². The van der Waals surface area contributed by atoms with Crippen molar-refractivity contribution >= 4 is 16.6 Å². The van der Waals surface area contributed by atoms with Crippen LogP contribution in [0.25, 0.3) is 39.5 Å². The summed E-state index contributed by atoms with van der Waals surface area (Å²) in [5.41, 5.74) is 7.35. The molecule has 0 unspecified atom stereocenters. The van der Waals surface area contributed by atoms with E-state index in [0.717, 1.165) is 45.2 Å². The van der Waals surface area contributed by atoms with Crippen molar-refractivity contribution in [2.75, 3.05) is 7.11 Å². The molecule has 0 aliphatic carbocycles. The molecule has 3 aromatic heterocycles. The first-order chi connectivity index (χ1) is 13.6. The molecule has 0 bridgehead atoms. The monoisotopic (exact) mass is 368 g/mol. The van der Waals surface area contributed by atoms with Gasteiger partial charge in [0.1, 0.15) is 17.3 Å². The van der Waals surface area contributed by atoms with Crippen molar-refractivity contribution in [1.29, 1.82) is 0 Å². The molecule has 5 nitrogen and oxygen atoms in total. The van der Waals surface area contributed by atoms with Crippen molar-refractivity contribution in [3.8, 4) is 28.7 Å². The van der Waals surface area contributed by atoms with Gasteiger partial charge in [0.15, 0.2) is 5.82 Å². The topological polar surface area (TPSA) is 55.2 Å². The first-order valence-electron chi connectivity index (χ1n) is 9.23. The van der Waals surface area contributed by atoms with E-state index in [9.17, 15) is 0 Å². The number of pyridine rings is 1. The van der Waals surface area contributed by atoms with E-state index >= 15 is 0 Å². The predicted octanol–water partition coefficient (Wildman–Crippen LogP) is 5.17. The molecule has 0 atom stereocenters. The molecule has 0 aliphatic rings. The summed E-state index contributed by atoms with van der Waals surface area (Å²) in [6.45, 7) is 4.22. The van der Waals surface area contributed by atoms with Gasteiger partial charge >= 0.3 is 0 Å². The number of nitrogens with zero attached hydrogens (tertiary/aromatic N) is 3. The molecule has 5 rings (SSSR count). The third-order valence-corrected chi connectivity index (χ3v) is 5.22. The fraction of sp³-hybridized carbons (Fsp3) is 0.130. The van der Waals surface area contributed by atoms with Gasteiger partial charge in [-0.3, -0.25) is 4.40 Å². The molecule has 5 heteroatoms. The Morgan fingerprint density at radius 2 is 1.71 bits per heavy atom. The van der Waals surface area contributed by atoms with Crippen LogP contribution in [-0.2, 0) is 0 Å². The maximum Gasteiger partial charge on any atom is 0.159 e. The third-order valence-electron chi connectivity index (χ3n) is 5.22. The minimum Gasteiger partial charge on any atom is -0.497 e. The van der Waals surface area contributed by atoms with Gasteiger partial charge in [-0.25, -0.2) is 9.97 Å². The molecule has 0 saturated carbocycles. The van der Waals surface area contributed by atoms with Crippen LogP contribution in [0, 0.1) is 13.8 Å². The average molecular weight is 368 g/mol. The van der Waals surface area contributed by atoms with Crippen LogP contribution >= 0.6 is 0 Å². The standard InChI is InChI=1S/C23H20N4O/c1-14-12-18-19(13-15(14)2)25-22(24-18)21-20-6-4-5-11-27(20)23(26-21)16-7-9-17(28-3)10-8-16/h4-13H,1-3H3,(H,24,25). The molecule has 0 radical (unpaired) electrons. The van der Waals surface area contributed by atoms with Crippen LogP contribution < -0.4 is 4.74 Å². The summed E-state index contributed by atoms with van der Waals surface area (Å²) in [7, 11) is 1.67. The molecule has 3 heterocycles. The van der Waals surface area contributed by atoms with Crippen molar-refractivity contribution in [2.24, 2.45) is 0 Å². The van der Waals surface area contributed by atoms with Gasteiger partial charge in [0.25, 0.3) is 0 Å².